The molecule has 3 heterocycles. The van der Waals surface area contributed by atoms with Crippen LogP contribution in [0, 0.1) is 12.8 Å². The van der Waals surface area contributed by atoms with Crippen molar-refractivity contribution in [1.29, 1.82) is 0 Å². The molecule has 162 valence electrons. The predicted molar refractivity (Wildman–Crippen MR) is 118 cm³/mol. The minimum absolute atomic E-state index is 0. The standard InChI is InChI=1S/C22H29N5O2.ClH/c1-15-3-5-16(6-4-15)22(29)27-9-7-18(8-10-27)25-21(28)20-13-23-12-19(20)17-11-24-26(2)14-17;/h3-6,11,14,18-20,23H,7-10,12-13H2,1-2H3,(H,25,28);1H/t19-,20+;/m1./s1. The molecule has 2 saturated heterocycles. The van der Waals surface area contributed by atoms with E-state index in [-0.39, 0.29) is 42.1 Å². The highest BCUT2D eigenvalue weighted by Crippen LogP contribution is 2.28. The molecular formula is C22H30ClN5O2. The maximum atomic E-state index is 12.9. The SMILES string of the molecule is Cc1ccc(C(=O)N2CCC(NC(=O)[C@H]3CNC[C@@H]3c3cnn(C)c3)CC2)cc1.Cl. The predicted octanol–water partition coefficient (Wildman–Crippen LogP) is 1.87. The van der Waals surface area contributed by atoms with Crippen LogP contribution in [0.4, 0.5) is 0 Å². The van der Waals surface area contributed by atoms with Crippen molar-refractivity contribution >= 4 is 24.2 Å². The minimum Gasteiger partial charge on any atom is -0.353 e. The number of amides is 2. The Labute approximate surface area is 183 Å². The summed E-state index contributed by atoms with van der Waals surface area (Å²) in [5, 5.41) is 10.8. The molecule has 0 spiro atoms. The molecule has 2 atom stereocenters. The lowest BCUT2D eigenvalue weighted by atomic mass is 9.89. The fourth-order valence-corrected chi connectivity index (χ4v) is 4.35. The largest absolute Gasteiger partial charge is 0.353 e. The van der Waals surface area contributed by atoms with E-state index < -0.39 is 0 Å². The van der Waals surface area contributed by atoms with Crippen molar-refractivity contribution in [1.82, 2.24) is 25.3 Å². The van der Waals surface area contributed by atoms with Gasteiger partial charge in [0.15, 0.2) is 0 Å². The molecule has 2 aliphatic rings. The van der Waals surface area contributed by atoms with Crippen LogP contribution in [0.1, 0.15) is 40.2 Å². The summed E-state index contributed by atoms with van der Waals surface area (Å²) in [5.74, 6) is 0.261. The average molecular weight is 432 g/mol. The fraction of sp³-hybridized carbons (Fsp3) is 0.500. The number of carbonyl (C=O) groups is 2. The average Bonchev–Trinajstić information content (AvgIpc) is 3.37. The van der Waals surface area contributed by atoms with Gasteiger partial charge in [-0.2, -0.15) is 5.10 Å². The molecule has 1 aromatic heterocycles. The van der Waals surface area contributed by atoms with Crippen molar-refractivity contribution in [3.63, 3.8) is 0 Å². The quantitative estimate of drug-likeness (QED) is 0.774. The fourth-order valence-electron chi connectivity index (χ4n) is 4.35. The molecule has 30 heavy (non-hydrogen) atoms. The molecule has 8 heteroatoms. The number of hydrogen-bond donors (Lipinski definition) is 2. The Balaban J connectivity index is 0.00000256. The summed E-state index contributed by atoms with van der Waals surface area (Å²) in [6.07, 6.45) is 5.43. The maximum absolute atomic E-state index is 12.9. The third-order valence-electron chi connectivity index (χ3n) is 6.13. The third-order valence-corrected chi connectivity index (χ3v) is 6.13. The Morgan fingerprint density at radius 3 is 2.47 bits per heavy atom. The number of piperidine rings is 1. The number of aryl methyl sites for hydroxylation is 2. The zero-order valence-corrected chi connectivity index (χ0v) is 18.3. The highest BCUT2D eigenvalue weighted by Gasteiger charge is 2.36. The van der Waals surface area contributed by atoms with Gasteiger partial charge in [-0.1, -0.05) is 17.7 Å². The molecule has 0 bridgehead atoms. The number of nitrogens with one attached hydrogen (secondary N) is 2. The summed E-state index contributed by atoms with van der Waals surface area (Å²) in [6, 6.07) is 7.83. The van der Waals surface area contributed by atoms with E-state index in [4.69, 9.17) is 0 Å². The van der Waals surface area contributed by atoms with Crippen molar-refractivity contribution in [3.05, 3.63) is 53.3 Å². The van der Waals surface area contributed by atoms with E-state index in [0.29, 0.717) is 19.6 Å². The van der Waals surface area contributed by atoms with Crippen LogP contribution in [0.15, 0.2) is 36.7 Å². The molecular weight excluding hydrogens is 402 g/mol. The number of hydrogen-bond acceptors (Lipinski definition) is 4. The van der Waals surface area contributed by atoms with Gasteiger partial charge in [0.25, 0.3) is 5.91 Å². The lowest BCUT2D eigenvalue weighted by Gasteiger charge is -2.33. The molecule has 2 amide bonds. The zero-order valence-electron chi connectivity index (χ0n) is 17.5. The van der Waals surface area contributed by atoms with Crippen molar-refractivity contribution in [3.8, 4) is 0 Å². The van der Waals surface area contributed by atoms with E-state index in [0.717, 1.165) is 36.1 Å². The normalized spacial score (nSPS) is 21.9. The lowest BCUT2D eigenvalue weighted by Crippen LogP contribution is -2.48. The van der Waals surface area contributed by atoms with E-state index in [2.05, 4.69) is 15.7 Å². The Morgan fingerprint density at radius 2 is 1.83 bits per heavy atom. The Bertz CT molecular complexity index is 874. The van der Waals surface area contributed by atoms with Gasteiger partial charge in [-0.25, -0.2) is 0 Å². The van der Waals surface area contributed by atoms with Crippen molar-refractivity contribution in [2.75, 3.05) is 26.2 Å². The number of likely N-dealkylation sites (tertiary alicyclic amines) is 1. The van der Waals surface area contributed by atoms with Gasteiger partial charge >= 0.3 is 0 Å². The molecule has 0 aliphatic carbocycles. The highest BCUT2D eigenvalue weighted by molar-refractivity contribution is 5.94. The second kappa shape index (κ2) is 9.62. The number of carbonyl (C=O) groups excluding carboxylic acids is 2. The van der Waals surface area contributed by atoms with E-state index >= 15 is 0 Å². The minimum atomic E-state index is -0.0774. The summed E-state index contributed by atoms with van der Waals surface area (Å²) in [7, 11) is 1.90. The van der Waals surface area contributed by atoms with Gasteiger partial charge in [0.05, 0.1) is 12.1 Å². The van der Waals surface area contributed by atoms with Gasteiger partial charge in [0.2, 0.25) is 5.91 Å². The first kappa shape index (κ1) is 22.3. The first-order chi connectivity index (χ1) is 14.0. The van der Waals surface area contributed by atoms with E-state index in [9.17, 15) is 9.59 Å². The number of aromatic nitrogens is 2. The monoisotopic (exact) mass is 431 g/mol. The summed E-state index contributed by atoms with van der Waals surface area (Å²) in [4.78, 5) is 27.5. The zero-order chi connectivity index (χ0) is 20.4. The molecule has 1 aromatic carbocycles. The van der Waals surface area contributed by atoms with Crippen LogP contribution in [0.25, 0.3) is 0 Å². The first-order valence-corrected chi connectivity index (χ1v) is 10.4. The molecule has 0 radical (unpaired) electrons. The van der Waals surface area contributed by atoms with Gasteiger partial charge in [-0.3, -0.25) is 14.3 Å². The molecule has 2 N–H and O–H groups in total. The van der Waals surface area contributed by atoms with E-state index in [1.54, 1.807) is 4.68 Å². The summed E-state index contributed by atoms with van der Waals surface area (Å²) in [5.41, 5.74) is 2.99. The summed E-state index contributed by atoms with van der Waals surface area (Å²) < 4.78 is 1.78. The smallest absolute Gasteiger partial charge is 0.253 e. The second-order valence-electron chi connectivity index (χ2n) is 8.26. The molecule has 4 rings (SSSR count). The van der Waals surface area contributed by atoms with Gasteiger partial charge in [-0.15, -0.1) is 12.4 Å². The van der Waals surface area contributed by atoms with Crippen molar-refractivity contribution < 1.29 is 9.59 Å². The van der Waals surface area contributed by atoms with Gasteiger partial charge in [-0.05, 0) is 37.5 Å². The first-order valence-electron chi connectivity index (χ1n) is 10.4. The van der Waals surface area contributed by atoms with Crippen LogP contribution in [0.5, 0.6) is 0 Å². The van der Waals surface area contributed by atoms with Crippen LogP contribution < -0.4 is 10.6 Å². The van der Waals surface area contributed by atoms with Gasteiger partial charge in [0.1, 0.15) is 0 Å². The molecule has 0 saturated carbocycles. The number of rotatable bonds is 4. The van der Waals surface area contributed by atoms with Crippen LogP contribution >= 0.6 is 12.4 Å². The molecule has 2 aromatic rings. The number of benzene rings is 1. The number of halogens is 1. The van der Waals surface area contributed by atoms with Crippen LogP contribution in [-0.4, -0.2) is 58.7 Å². The Kier molecular flexibility index (Phi) is 7.15. The maximum Gasteiger partial charge on any atom is 0.253 e. The van der Waals surface area contributed by atoms with E-state index in [1.807, 2.05) is 55.5 Å². The molecule has 7 nitrogen and oxygen atoms in total. The highest BCUT2D eigenvalue weighted by atomic mass is 35.5. The molecule has 2 fully saturated rings. The third kappa shape index (κ3) is 4.84. The summed E-state index contributed by atoms with van der Waals surface area (Å²) >= 11 is 0. The number of nitrogens with zero attached hydrogens (tertiary/aromatic N) is 3. The van der Waals surface area contributed by atoms with Gasteiger partial charge in [0, 0.05) is 56.9 Å². The second-order valence-corrected chi connectivity index (χ2v) is 8.26. The van der Waals surface area contributed by atoms with Crippen LogP contribution in [0.3, 0.4) is 0 Å². The van der Waals surface area contributed by atoms with Gasteiger partial charge < -0.3 is 15.5 Å². The van der Waals surface area contributed by atoms with Crippen LogP contribution in [0.2, 0.25) is 0 Å². The molecule has 0 unspecified atom stereocenters. The van der Waals surface area contributed by atoms with Crippen molar-refractivity contribution in [2.45, 2.75) is 31.7 Å². The Morgan fingerprint density at radius 1 is 1.13 bits per heavy atom. The van der Waals surface area contributed by atoms with Crippen LogP contribution in [-0.2, 0) is 11.8 Å². The topological polar surface area (TPSA) is 79.3 Å². The Hall–Kier alpha value is -2.38. The molecule has 2 aliphatic heterocycles. The van der Waals surface area contributed by atoms with E-state index in [1.165, 1.54) is 0 Å². The lowest BCUT2D eigenvalue weighted by molar-refractivity contribution is -0.125. The van der Waals surface area contributed by atoms with Crippen molar-refractivity contribution in [2.24, 2.45) is 13.0 Å². The summed E-state index contributed by atoms with van der Waals surface area (Å²) in [6.45, 7) is 4.85.